The van der Waals surface area contributed by atoms with Crippen LogP contribution in [-0.2, 0) is 6.42 Å². The van der Waals surface area contributed by atoms with Crippen molar-refractivity contribution in [3.8, 4) is 11.5 Å². The van der Waals surface area contributed by atoms with Crippen LogP contribution in [0.5, 0.6) is 11.5 Å². The number of nitrogens with zero attached hydrogens (tertiary/aromatic N) is 3. The zero-order valence-electron chi connectivity index (χ0n) is 16.5. The first kappa shape index (κ1) is 18.7. The molecule has 1 N–H and O–H groups in total. The van der Waals surface area contributed by atoms with E-state index in [-0.39, 0.29) is 11.9 Å². The first-order valence-corrected chi connectivity index (χ1v) is 9.33. The van der Waals surface area contributed by atoms with Gasteiger partial charge in [0.05, 0.1) is 25.5 Å². The van der Waals surface area contributed by atoms with E-state index in [0.29, 0.717) is 28.7 Å². The van der Waals surface area contributed by atoms with Gasteiger partial charge >= 0.3 is 0 Å². The molecular weight excluding hydrogens is 368 g/mol. The van der Waals surface area contributed by atoms with E-state index in [1.165, 1.54) is 12.7 Å². The highest BCUT2D eigenvalue weighted by atomic mass is 16.5. The third-order valence-electron chi connectivity index (χ3n) is 4.98. The van der Waals surface area contributed by atoms with Gasteiger partial charge in [0.15, 0.2) is 0 Å². The minimum atomic E-state index is -0.310. The molecule has 29 heavy (non-hydrogen) atoms. The van der Waals surface area contributed by atoms with Gasteiger partial charge in [0, 0.05) is 30.2 Å². The molecule has 0 saturated carbocycles. The number of carbonyl (C=O) groups is 1. The number of ether oxygens (including phenoxy) is 2. The van der Waals surface area contributed by atoms with Gasteiger partial charge in [-0.05, 0) is 37.1 Å². The van der Waals surface area contributed by atoms with Crippen molar-refractivity contribution in [2.75, 3.05) is 24.4 Å². The van der Waals surface area contributed by atoms with E-state index in [1.807, 2.05) is 12.1 Å². The molecule has 7 nitrogen and oxygen atoms in total. The normalized spacial score (nSPS) is 15.0. The summed E-state index contributed by atoms with van der Waals surface area (Å²) in [5, 5.41) is 2.83. The molecule has 148 valence electrons. The molecule has 0 aliphatic carbocycles. The van der Waals surface area contributed by atoms with Gasteiger partial charge in [0.2, 0.25) is 5.95 Å². The maximum absolute atomic E-state index is 12.6. The Morgan fingerprint density at radius 3 is 2.59 bits per heavy atom. The molecule has 1 aromatic heterocycles. The number of rotatable bonds is 5. The topological polar surface area (TPSA) is 76.6 Å². The quantitative estimate of drug-likeness (QED) is 0.714. The molecule has 4 rings (SSSR count). The molecule has 1 aliphatic heterocycles. The molecule has 2 heterocycles. The lowest BCUT2D eigenvalue weighted by molar-refractivity contribution is 0.102. The van der Waals surface area contributed by atoms with Crippen molar-refractivity contribution in [2.45, 2.75) is 19.4 Å². The number of methoxy groups -OCH3 is 2. The van der Waals surface area contributed by atoms with Crippen LogP contribution in [0.3, 0.4) is 0 Å². The Hall–Kier alpha value is -3.61. The highest BCUT2D eigenvalue weighted by Crippen LogP contribution is 2.36. The lowest BCUT2D eigenvalue weighted by Gasteiger charge is -2.22. The third-order valence-corrected chi connectivity index (χ3v) is 4.98. The fourth-order valence-electron chi connectivity index (χ4n) is 3.53. The van der Waals surface area contributed by atoms with E-state index in [4.69, 9.17) is 9.47 Å². The summed E-state index contributed by atoms with van der Waals surface area (Å²) < 4.78 is 10.5. The average molecular weight is 390 g/mol. The van der Waals surface area contributed by atoms with Gasteiger partial charge in [0.1, 0.15) is 11.5 Å². The standard InChI is InChI=1S/C22H22N4O3/c1-14-10-15-6-4-5-7-19(15)26(14)22-23-12-16(13-24-22)21(27)25-18-9-8-17(28-2)11-20(18)29-3/h4-9,11-14H,10H2,1-3H3,(H,25,27). The molecule has 1 unspecified atom stereocenters. The molecule has 1 aliphatic rings. The van der Waals surface area contributed by atoms with Crippen LogP contribution in [0, 0.1) is 0 Å². The van der Waals surface area contributed by atoms with Crippen LogP contribution in [0.2, 0.25) is 0 Å². The van der Waals surface area contributed by atoms with Crippen molar-refractivity contribution in [1.29, 1.82) is 0 Å². The van der Waals surface area contributed by atoms with Crippen LogP contribution in [0.1, 0.15) is 22.8 Å². The highest BCUT2D eigenvalue weighted by molar-refractivity contribution is 6.04. The largest absolute Gasteiger partial charge is 0.497 e. The van der Waals surface area contributed by atoms with Gasteiger partial charge in [-0.3, -0.25) is 4.79 Å². The lowest BCUT2D eigenvalue weighted by atomic mass is 10.1. The maximum Gasteiger partial charge on any atom is 0.258 e. The number of aromatic nitrogens is 2. The average Bonchev–Trinajstić information content (AvgIpc) is 3.09. The van der Waals surface area contributed by atoms with Gasteiger partial charge in [0.25, 0.3) is 5.91 Å². The van der Waals surface area contributed by atoms with Gasteiger partial charge in [-0.1, -0.05) is 18.2 Å². The predicted octanol–water partition coefficient (Wildman–Crippen LogP) is 3.83. The number of carbonyl (C=O) groups excluding carboxylic acids is 1. The summed E-state index contributed by atoms with van der Waals surface area (Å²) in [5.41, 5.74) is 3.30. The van der Waals surface area contributed by atoms with Crippen LogP contribution >= 0.6 is 0 Å². The molecule has 0 saturated heterocycles. The smallest absolute Gasteiger partial charge is 0.258 e. The predicted molar refractivity (Wildman–Crippen MR) is 111 cm³/mol. The van der Waals surface area contributed by atoms with Crippen LogP contribution < -0.4 is 19.7 Å². The van der Waals surface area contributed by atoms with Crippen LogP contribution in [-0.4, -0.2) is 36.1 Å². The van der Waals surface area contributed by atoms with Crippen LogP contribution in [0.25, 0.3) is 0 Å². The summed E-state index contributed by atoms with van der Waals surface area (Å²) in [7, 11) is 3.11. The second kappa shape index (κ2) is 7.79. The third kappa shape index (κ3) is 3.59. The lowest BCUT2D eigenvalue weighted by Crippen LogP contribution is -2.26. The van der Waals surface area contributed by atoms with Gasteiger partial charge in [-0.2, -0.15) is 0 Å². The van der Waals surface area contributed by atoms with Crippen molar-refractivity contribution in [3.05, 3.63) is 66.0 Å². The first-order valence-electron chi connectivity index (χ1n) is 9.33. The number of amides is 1. The number of benzene rings is 2. The number of hydrogen-bond donors (Lipinski definition) is 1. The summed E-state index contributed by atoms with van der Waals surface area (Å²) in [6.45, 7) is 2.14. The molecule has 7 heteroatoms. The minimum Gasteiger partial charge on any atom is -0.497 e. The number of hydrogen-bond acceptors (Lipinski definition) is 6. The summed E-state index contributed by atoms with van der Waals surface area (Å²) in [4.78, 5) is 23.6. The second-order valence-electron chi connectivity index (χ2n) is 6.84. The summed E-state index contributed by atoms with van der Waals surface area (Å²) >= 11 is 0. The number of anilines is 3. The SMILES string of the molecule is COc1ccc(NC(=O)c2cnc(N3c4ccccc4CC3C)nc2)c(OC)c1. The fraction of sp³-hybridized carbons (Fsp3) is 0.227. The molecule has 1 amide bonds. The molecule has 2 aromatic carbocycles. The Balaban J connectivity index is 1.53. The van der Waals surface area contributed by atoms with E-state index >= 15 is 0 Å². The zero-order chi connectivity index (χ0) is 20.4. The number of para-hydroxylation sites is 1. The molecule has 1 atom stereocenters. The summed E-state index contributed by atoms with van der Waals surface area (Å²) in [6.07, 6.45) is 4.03. The fourth-order valence-corrected chi connectivity index (χ4v) is 3.53. The van der Waals surface area contributed by atoms with Gasteiger partial charge < -0.3 is 19.7 Å². The Kier molecular flexibility index (Phi) is 5.03. The van der Waals surface area contributed by atoms with Crippen molar-refractivity contribution < 1.29 is 14.3 Å². The number of nitrogens with one attached hydrogen (secondary N) is 1. The minimum absolute atomic E-state index is 0.260. The maximum atomic E-state index is 12.6. The molecule has 0 fully saturated rings. The van der Waals surface area contributed by atoms with Crippen LogP contribution in [0.15, 0.2) is 54.9 Å². The molecule has 3 aromatic rings. The molecule has 0 bridgehead atoms. The Bertz CT molecular complexity index is 1040. The Morgan fingerprint density at radius 1 is 1.10 bits per heavy atom. The first-order chi connectivity index (χ1) is 14.1. The van der Waals surface area contributed by atoms with Crippen LogP contribution in [0.4, 0.5) is 17.3 Å². The van der Waals surface area contributed by atoms with Crippen molar-refractivity contribution in [2.24, 2.45) is 0 Å². The van der Waals surface area contributed by atoms with E-state index in [2.05, 4.69) is 39.2 Å². The zero-order valence-corrected chi connectivity index (χ0v) is 16.5. The van der Waals surface area contributed by atoms with Crippen molar-refractivity contribution >= 4 is 23.2 Å². The summed E-state index contributed by atoms with van der Waals surface area (Å²) in [5.74, 6) is 1.43. The summed E-state index contributed by atoms with van der Waals surface area (Å²) in [6, 6.07) is 13.7. The van der Waals surface area contributed by atoms with E-state index in [0.717, 1.165) is 12.1 Å². The van der Waals surface area contributed by atoms with E-state index in [1.54, 1.807) is 37.7 Å². The van der Waals surface area contributed by atoms with Gasteiger partial charge in [-0.25, -0.2) is 9.97 Å². The monoisotopic (exact) mass is 390 g/mol. The van der Waals surface area contributed by atoms with E-state index < -0.39 is 0 Å². The van der Waals surface area contributed by atoms with Crippen molar-refractivity contribution in [1.82, 2.24) is 9.97 Å². The van der Waals surface area contributed by atoms with Gasteiger partial charge in [-0.15, -0.1) is 0 Å². The molecular formula is C22H22N4O3. The second-order valence-corrected chi connectivity index (χ2v) is 6.84. The Labute approximate surface area is 169 Å². The number of fused-ring (bicyclic) bond motifs is 1. The molecule has 0 spiro atoms. The van der Waals surface area contributed by atoms with Crippen molar-refractivity contribution in [3.63, 3.8) is 0 Å². The Morgan fingerprint density at radius 2 is 1.86 bits per heavy atom. The molecule has 0 radical (unpaired) electrons. The van der Waals surface area contributed by atoms with E-state index in [9.17, 15) is 4.79 Å². The highest BCUT2D eigenvalue weighted by Gasteiger charge is 2.28.